The third-order valence-electron chi connectivity index (χ3n) is 4.01. The minimum Gasteiger partial charge on any atom is -0.439 e. The summed E-state index contributed by atoms with van der Waals surface area (Å²) in [6, 6.07) is 9.94. The van der Waals surface area contributed by atoms with Gasteiger partial charge in [0, 0.05) is 18.2 Å². The van der Waals surface area contributed by atoms with Gasteiger partial charge in [-0.15, -0.1) is 0 Å². The van der Waals surface area contributed by atoms with E-state index in [4.69, 9.17) is 10.5 Å². The molecule has 7 heteroatoms. The summed E-state index contributed by atoms with van der Waals surface area (Å²) in [6.07, 6.45) is 3.44. The van der Waals surface area contributed by atoms with Crippen molar-refractivity contribution >= 4 is 17.5 Å². The maximum atomic E-state index is 12.2. The lowest BCUT2D eigenvalue weighted by Gasteiger charge is -2.21. The first-order valence-electron chi connectivity index (χ1n) is 8.17. The molecule has 4 N–H and O–H groups in total. The average Bonchev–Trinajstić information content (AvgIpc) is 2.64. The molecule has 1 aliphatic heterocycles. The van der Waals surface area contributed by atoms with Gasteiger partial charge in [-0.3, -0.25) is 9.59 Å². The van der Waals surface area contributed by atoms with Gasteiger partial charge < -0.3 is 21.1 Å². The summed E-state index contributed by atoms with van der Waals surface area (Å²) in [5.41, 5.74) is 6.23. The van der Waals surface area contributed by atoms with Crippen LogP contribution in [0.25, 0.3) is 0 Å². The Bertz CT molecular complexity index is 755. The Kier molecular flexibility index (Phi) is 5.25. The summed E-state index contributed by atoms with van der Waals surface area (Å²) in [5.74, 6) is 0.291. The topological polar surface area (TPSA) is 106 Å². The van der Waals surface area contributed by atoms with Crippen LogP contribution in [0.5, 0.6) is 11.6 Å². The second kappa shape index (κ2) is 7.76. The lowest BCUT2D eigenvalue weighted by atomic mass is 9.99. The van der Waals surface area contributed by atoms with Crippen molar-refractivity contribution < 1.29 is 14.3 Å². The number of aromatic nitrogens is 1. The molecule has 1 aliphatic rings. The zero-order chi connectivity index (χ0) is 17.6. The number of nitrogens with zero attached hydrogens (tertiary/aromatic N) is 1. The van der Waals surface area contributed by atoms with Crippen molar-refractivity contribution in [1.82, 2.24) is 10.3 Å². The zero-order valence-electron chi connectivity index (χ0n) is 13.7. The number of benzene rings is 1. The predicted molar refractivity (Wildman–Crippen MR) is 93.5 cm³/mol. The number of ether oxygens (including phenoxy) is 1. The predicted octanol–water partition coefficient (Wildman–Crippen LogP) is 1.91. The summed E-state index contributed by atoms with van der Waals surface area (Å²) >= 11 is 0. The lowest BCUT2D eigenvalue weighted by molar-refractivity contribution is -0.120. The summed E-state index contributed by atoms with van der Waals surface area (Å²) in [5, 5.41) is 6.09. The maximum Gasteiger partial charge on any atom is 0.248 e. The molecule has 2 aromatic rings. The van der Waals surface area contributed by atoms with Crippen LogP contribution in [-0.4, -0.2) is 29.9 Å². The molecule has 1 unspecified atom stereocenters. The zero-order valence-corrected chi connectivity index (χ0v) is 13.7. The normalized spacial score (nSPS) is 16.9. The van der Waals surface area contributed by atoms with Gasteiger partial charge in [-0.2, -0.15) is 0 Å². The Morgan fingerprint density at radius 1 is 1.28 bits per heavy atom. The van der Waals surface area contributed by atoms with Gasteiger partial charge in [0.05, 0.1) is 17.8 Å². The molecular weight excluding hydrogens is 320 g/mol. The molecular formula is C18H20N4O3. The van der Waals surface area contributed by atoms with Crippen LogP contribution >= 0.6 is 0 Å². The summed E-state index contributed by atoms with van der Waals surface area (Å²) < 4.78 is 5.60. The van der Waals surface area contributed by atoms with E-state index in [1.165, 1.54) is 0 Å². The van der Waals surface area contributed by atoms with Crippen molar-refractivity contribution in [1.29, 1.82) is 0 Å². The first-order valence-corrected chi connectivity index (χ1v) is 8.17. The highest BCUT2D eigenvalue weighted by Crippen LogP contribution is 2.22. The quantitative estimate of drug-likeness (QED) is 0.771. The van der Waals surface area contributed by atoms with Gasteiger partial charge in [-0.1, -0.05) is 6.07 Å². The van der Waals surface area contributed by atoms with E-state index < -0.39 is 5.91 Å². The minimum absolute atomic E-state index is 0.00294. The Labute approximate surface area is 145 Å². The molecule has 0 aliphatic carbocycles. The highest BCUT2D eigenvalue weighted by Gasteiger charge is 2.20. The van der Waals surface area contributed by atoms with E-state index in [2.05, 4.69) is 15.6 Å². The number of rotatable bonds is 5. The van der Waals surface area contributed by atoms with Crippen molar-refractivity contribution in [2.75, 3.05) is 18.4 Å². The van der Waals surface area contributed by atoms with Crippen molar-refractivity contribution in [3.63, 3.8) is 0 Å². The first-order chi connectivity index (χ1) is 12.1. The van der Waals surface area contributed by atoms with Gasteiger partial charge in [0.1, 0.15) is 5.75 Å². The number of amides is 2. The van der Waals surface area contributed by atoms with Crippen molar-refractivity contribution in [3.8, 4) is 11.6 Å². The number of piperidine rings is 1. The molecule has 0 spiro atoms. The van der Waals surface area contributed by atoms with Crippen LogP contribution in [0.3, 0.4) is 0 Å². The molecule has 1 aromatic carbocycles. The van der Waals surface area contributed by atoms with E-state index in [0.29, 0.717) is 29.4 Å². The largest absolute Gasteiger partial charge is 0.439 e. The molecule has 2 amide bonds. The number of primary amides is 1. The van der Waals surface area contributed by atoms with Gasteiger partial charge >= 0.3 is 0 Å². The van der Waals surface area contributed by atoms with Gasteiger partial charge in [-0.25, -0.2) is 4.98 Å². The summed E-state index contributed by atoms with van der Waals surface area (Å²) in [6.45, 7) is 1.67. The molecule has 2 heterocycles. The van der Waals surface area contributed by atoms with Crippen LogP contribution in [-0.2, 0) is 4.79 Å². The first kappa shape index (κ1) is 16.9. The number of nitrogens with one attached hydrogen (secondary N) is 2. The number of carbonyl (C=O) groups excluding carboxylic acids is 2. The number of pyridine rings is 1. The Morgan fingerprint density at radius 3 is 2.84 bits per heavy atom. The van der Waals surface area contributed by atoms with Gasteiger partial charge in [-0.05, 0) is 43.7 Å². The van der Waals surface area contributed by atoms with Crippen LogP contribution in [0.4, 0.5) is 5.69 Å². The van der Waals surface area contributed by atoms with Gasteiger partial charge in [0.15, 0.2) is 0 Å². The maximum absolute atomic E-state index is 12.2. The highest BCUT2D eigenvalue weighted by atomic mass is 16.5. The molecule has 0 saturated carbocycles. The number of anilines is 1. The molecule has 0 radical (unpaired) electrons. The number of nitrogens with two attached hydrogens (primary N) is 1. The second-order valence-electron chi connectivity index (χ2n) is 5.91. The monoisotopic (exact) mass is 340 g/mol. The van der Waals surface area contributed by atoms with Crippen LogP contribution in [0.15, 0.2) is 42.6 Å². The SMILES string of the molecule is NC(=O)c1cccc(Oc2ccc(NC(=O)C3CCCNC3)cn2)c1. The molecule has 1 fully saturated rings. The molecule has 130 valence electrons. The molecule has 3 rings (SSSR count). The standard InChI is InChI=1S/C18H20N4O3/c19-17(23)12-3-1-5-15(9-12)25-16-7-6-14(11-21-16)22-18(24)13-4-2-8-20-10-13/h1,3,5-7,9,11,13,20H,2,4,8,10H2,(H2,19,23)(H,22,24). The van der Waals surface area contributed by atoms with Gasteiger partial charge in [0.25, 0.3) is 0 Å². The lowest BCUT2D eigenvalue weighted by Crippen LogP contribution is -2.37. The summed E-state index contributed by atoms with van der Waals surface area (Å²) in [7, 11) is 0. The fraction of sp³-hybridized carbons (Fsp3) is 0.278. The van der Waals surface area contributed by atoms with Crippen molar-refractivity contribution in [2.45, 2.75) is 12.8 Å². The van der Waals surface area contributed by atoms with Crippen molar-refractivity contribution in [3.05, 3.63) is 48.2 Å². The second-order valence-corrected chi connectivity index (χ2v) is 5.91. The van der Waals surface area contributed by atoms with Crippen LogP contribution in [0.2, 0.25) is 0 Å². The molecule has 1 atom stereocenters. The van der Waals surface area contributed by atoms with E-state index in [1.807, 2.05) is 0 Å². The average molecular weight is 340 g/mol. The fourth-order valence-corrected chi connectivity index (χ4v) is 2.67. The van der Waals surface area contributed by atoms with E-state index in [-0.39, 0.29) is 11.8 Å². The highest BCUT2D eigenvalue weighted by molar-refractivity contribution is 5.93. The number of hydrogen-bond acceptors (Lipinski definition) is 5. The fourth-order valence-electron chi connectivity index (χ4n) is 2.67. The van der Waals surface area contributed by atoms with E-state index in [9.17, 15) is 9.59 Å². The molecule has 1 aromatic heterocycles. The Hall–Kier alpha value is -2.93. The third kappa shape index (κ3) is 4.54. The van der Waals surface area contributed by atoms with Crippen molar-refractivity contribution in [2.24, 2.45) is 11.7 Å². The van der Waals surface area contributed by atoms with E-state index in [1.54, 1.807) is 42.6 Å². The van der Waals surface area contributed by atoms with Gasteiger partial charge in [0.2, 0.25) is 17.7 Å². The molecule has 0 bridgehead atoms. The van der Waals surface area contributed by atoms with E-state index >= 15 is 0 Å². The smallest absolute Gasteiger partial charge is 0.248 e. The summed E-state index contributed by atoms with van der Waals surface area (Å²) in [4.78, 5) is 27.6. The number of hydrogen-bond donors (Lipinski definition) is 3. The van der Waals surface area contributed by atoms with Crippen LogP contribution < -0.4 is 21.1 Å². The molecule has 7 nitrogen and oxygen atoms in total. The van der Waals surface area contributed by atoms with Crippen LogP contribution in [0.1, 0.15) is 23.2 Å². The molecule has 1 saturated heterocycles. The minimum atomic E-state index is -0.520. The number of carbonyl (C=O) groups is 2. The van der Waals surface area contributed by atoms with E-state index in [0.717, 1.165) is 19.4 Å². The van der Waals surface area contributed by atoms with Crippen LogP contribution in [0, 0.1) is 5.92 Å². The Morgan fingerprint density at radius 2 is 2.16 bits per heavy atom. The third-order valence-corrected chi connectivity index (χ3v) is 4.01. The Balaban J connectivity index is 1.61. The molecule has 25 heavy (non-hydrogen) atoms.